The predicted molar refractivity (Wildman–Crippen MR) is 68.6 cm³/mol. The maximum Gasteiger partial charge on any atom is 0.123 e. The normalized spacial score (nSPS) is 9.78. The van der Waals surface area contributed by atoms with Crippen LogP contribution >= 0.6 is 11.6 Å². The topological polar surface area (TPSA) is 53.2 Å². The number of phenolic OH excluding ortho intramolecular Hbond substituents is 1. The molecule has 2 rings (SSSR count). The van der Waals surface area contributed by atoms with E-state index in [0.717, 1.165) is 5.56 Å². The van der Waals surface area contributed by atoms with Crippen LogP contribution in [0.2, 0.25) is 5.02 Å². The summed E-state index contributed by atoms with van der Waals surface area (Å²) in [5, 5.41) is 18.5. The quantitative estimate of drug-likeness (QED) is 0.918. The van der Waals surface area contributed by atoms with Gasteiger partial charge in [0.2, 0.25) is 0 Å². The molecule has 1 N–H and O–H groups in total. The molecular weight excluding hydrogens is 250 g/mol. The average molecular weight is 260 g/mol. The first-order valence-electron chi connectivity index (χ1n) is 5.29. The Kier molecular flexibility index (Phi) is 3.71. The number of aromatic hydroxyl groups is 1. The van der Waals surface area contributed by atoms with Gasteiger partial charge in [-0.3, -0.25) is 0 Å². The first-order valence-corrected chi connectivity index (χ1v) is 5.67. The van der Waals surface area contributed by atoms with Crippen LogP contribution in [0, 0.1) is 11.3 Å². The Hall–Kier alpha value is -2.18. The number of rotatable bonds is 3. The third-order valence-electron chi connectivity index (χ3n) is 2.39. The highest BCUT2D eigenvalue weighted by Crippen LogP contribution is 2.22. The first kappa shape index (κ1) is 12.3. The largest absolute Gasteiger partial charge is 0.508 e. The minimum absolute atomic E-state index is 0.151. The summed E-state index contributed by atoms with van der Waals surface area (Å²) >= 11 is 6.03. The van der Waals surface area contributed by atoms with Crippen molar-refractivity contribution in [3.63, 3.8) is 0 Å². The summed E-state index contributed by atoms with van der Waals surface area (Å²) in [6.07, 6.45) is 0. The van der Waals surface area contributed by atoms with Gasteiger partial charge in [0.25, 0.3) is 0 Å². The van der Waals surface area contributed by atoms with Crippen molar-refractivity contribution in [3.05, 3.63) is 58.6 Å². The smallest absolute Gasteiger partial charge is 0.123 e. The molecule has 0 radical (unpaired) electrons. The summed E-state index contributed by atoms with van der Waals surface area (Å²) < 4.78 is 5.50. The lowest BCUT2D eigenvalue weighted by Gasteiger charge is -2.08. The molecule has 0 fully saturated rings. The van der Waals surface area contributed by atoms with Gasteiger partial charge in [0.1, 0.15) is 18.1 Å². The molecule has 0 spiro atoms. The fraction of sp³-hybridized carbons (Fsp3) is 0.0714. The second kappa shape index (κ2) is 5.44. The van der Waals surface area contributed by atoms with Crippen LogP contribution in [0.4, 0.5) is 0 Å². The fourth-order valence-corrected chi connectivity index (χ4v) is 1.70. The summed E-state index contributed by atoms with van der Waals surface area (Å²) in [7, 11) is 0. The van der Waals surface area contributed by atoms with Crippen LogP contribution < -0.4 is 4.74 Å². The van der Waals surface area contributed by atoms with Gasteiger partial charge >= 0.3 is 0 Å². The monoisotopic (exact) mass is 259 g/mol. The van der Waals surface area contributed by atoms with Crippen LogP contribution in [0.15, 0.2) is 42.5 Å². The predicted octanol–water partition coefficient (Wildman–Crippen LogP) is 3.50. The Labute approximate surface area is 110 Å². The van der Waals surface area contributed by atoms with E-state index >= 15 is 0 Å². The number of phenols is 1. The second-order valence-corrected chi connectivity index (χ2v) is 4.11. The molecule has 90 valence electrons. The molecule has 0 heterocycles. The van der Waals surface area contributed by atoms with Crippen LogP contribution in [0.3, 0.4) is 0 Å². The maximum atomic E-state index is 9.29. The summed E-state index contributed by atoms with van der Waals surface area (Å²) in [6.45, 7) is 0.286. The summed E-state index contributed by atoms with van der Waals surface area (Å²) in [4.78, 5) is 0. The number of ether oxygens (including phenoxy) is 1. The van der Waals surface area contributed by atoms with E-state index in [1.165, 1.54) is 6.07 Å². The van der Waals surface area contributed by atoms with Crippen molar-refractivity contribution >= 4 is 11.6 Å². The molecule has 0 aliphatic rings. The number of hydrogen-bond acceptors (Lipinski definition) is 3. The minimum atomic E-state index is 0.151. The van der Waals surface area contributed by atoms with Crippen LogP contribution in [0.1, 0.15) is 11.1 Å². The lowest BCUT2D eigenvalue weighted by molar-refractivity contribution is 0.304. The Balaban J connectivity index is 2.09. The third kappa shape index (κ3) is 2.93. The minimum Gasteiger partial charge on any atom is -0.508 e. The van der Waals surface area contributed by atoms with E-state index in [4.69, 9.17) is 21.6 Å². The molecular formula is C14H10ClNO2. The van der Waals surface area contributed by atoms with Crippen molar-refractivity contribution in [1.82, 2.24) is 0 Å². The zero-order chi connectivity index (χ0) is 13.0. The van der Waals surface area contributed by atoms with Crippen LogP contribution in [-0.2, 0) is 6.61 Å². The van der Waals surface area contributed by atoms with E-state index in [1.54, 1.807) is 36.4 Å². The summed E-state index contributed by atoms with van der Waals surface area (Å²) in [5.41, 5.74) is 1.31. The Morgan fingerprint density at radius 2 is 2.06 bits per heavy atom. The molecule has 18 heavy (non-hydrogen) atoms. The molecule has 0 aliphatic carbocycles. The average Bonchev–Trinajstić information content (AvgIpc) is 2.37. The van der Waals surface area contributed by atoms with Crippen molar-refractivity contribution in [3.8, 4) is 17.6 Å². The highest BCUT2D eigenvalue weighted by Gasteiger charge is 2.03. The molecule has 0 bridgehead atoms. The number of benzene rings is 2. The van der Waals surface area contributed by atoms with E-state index in [2.05, 4.69) is 0 Å². The molecule has 0 unspecified atom stereocenters. The Bertz CT molecular complexity index is 605. The SMILES string of the molecule is N#Cc1ccc(COc2cccc(O)c2)c(Cl)c1. The third-order valence-corrected chi connectivity index (χ3v) is 2.75. The number of nitriles is 1. The molecule has 0 aromatic heterocycles. The Morgan fingerprint density at radius 3 is 2.72 bits per heavy atom. The molecule has 2 aromatic rings. The van der Waals surface area contributed by atoms with Crippen LogP contribution in [0.5, 0.6) is 11.5 Å². The lowest BCUT2D eigenvalue weighted by atomic mass is 10.1. The van der Waals surface area contributed by atoms with Gasteiger partial charge in [0, 0.05) is 16.7 Å². The summed E-state index contributed by atoms with van der Waals surface area (Å²) in [6, 6.07) is 13.6. The number of nitrogens with zero attached hydrogens (tertiary/aromatic N) is 1. The van der Waals surface area contributed by atoms with Gasteiger partial charge in [0.05, 0.1) is 11.6 Å². The molecule has 2 aromatic carbocycles. The maximum absolute atomic E-state index is 9.29. The van der Waals surface area contributed by atoms with E-state index in [0.29, 0.717) is 16.3 Å². The van der Waals surface area contributed by atoms with Gasteiger partial charge in [0.15, 0.2) is 0 Å². The van der Waals surface area contributed by atoms with Gasteiger partial charge in [-0.15, -0.1) is 0 Å². The van der Waals surface area contributed by atoms with Crippen LogP contribution in [-0.4, -0.2) is 5.11 Å². The second-order valence-electron chi connectivity index (χ2n) is 3.70. The van der Waals surface area contributed by atoms with Gasteiger partial charge < -0.3 is 9.84 Å². The standard InChI is InChI=1S/C14H10ClNO2/c15-14-6-10(8-16)4-5-11(14)9-18-13-3-1-2-12(17)7-13/h1-7,17H,9H2. The van der Waals surface area contributed by atoms with Gasteiger partial charge in [-0.1, -0.05) is 23.7 Å². The molecule has 0 aliphatic heterocycles. The number of hydrogen-bond donors (Lipinski definition) is 1. The van der Waals surface area contributed by atoms with Crippen molar-refractivity contribution in [2.24, 2.45) is 0 Å². The van der Waals surface area contributed by atoms with E-state index in [9.17, 15) is 5.11 Å². The fourth-order valence-electron chi connectivity index (χ4n) is 1.47. The van der Waals surface area contributed by atoms with E-state index < -0.39 is 0 Å². The zero-order valence-corrected chi connectivity index (χ0v) is 10.2. The van der Waals surface area contributed by atoms with Crippen LogP contribution in [0.25, 0.3) is 0 Å². The lowest BCUT2D eigenvalue weighted by Crippen LogP contribution is -1.96. The molecule has 0 amide bonds. The van der Waals surface area contributed by atoms with Gasteiger partial charge in [-0.2, -0.15) is 5.26 Å². The number of halogens is 1. The van der Waals surface area contributed by atoms with Gasteiger partial charge in [-0.05, 0) is 24.3 Å². The highest BCUT2D eigenvalue weighted by molar-refractivity contribution is 6.31. The van der Waals surface area contributed by atoms with E-state index in [-0.39, 0.29) is 12.4 Å². The Morgan fingerprint density at radius 1 is 1.22 bits per heavy atom. The van der Waals surface area contributed by atoms with E-state index in [1.807, 2.05) is 6.07 Å². The molecule has 0 atom stereocenters. The van der Waals surface area contributed by atoms with Crippen molar-refractivity contribution in [2.75, 3.05) is 0 Å². The van der Waals surface area contributed by atoms with Crippen molar-refractivity contribution in [1.29, 1.82) is 5.26 Å². The molecule has 4 heteroatoms. The van der Waals surface area contributed by atoms with Gasteiger partial charge in [-0.25, -0.2) is 0 Å². The van der Waals surface area contributed by atoms with Crippen molar-refractivity contribution in [2.45, 2.75) is 6.61 Å². The molecule has 0 saturated heterocycles. The highest BCUT2D eigenvalue weighted by atomic mass is 35.5. The van der Waals surface area contributed by atoms with Crippen molar-refractivity contribution < 1.29 is 9.84 Å². The molecule has 3 nitrogen and oxygen atoms in total. The first-order chi connectivity index (χ1) is 8.69. The molecule has 0 saturated carbocycles. The summed E-state index contributed by atoms with van der Waals surface area (Å²) in [5.74, 6) is 0.717. The zero-order valence-electron chi connectivity index (χ0n) is 9.43.